The molecule has 6 atom stereocenters. The fourth-order valence-corrected chi connectivity index (χ4v) is 17.6. The second kappa shape index (κ2) is 9.44. The normalized spacial score (nSPS) is 36.4. The predicted octanol–water partition coefficient (Wildman–Crippen LogP) is 6.89. The largest absolute Gasteiger partial charge is 0.455 e. The molecule has 0 aromatic carbocycles. The monoisotopic (exact) mass is 438 g/mol. The second-order valence-electron chi connectivity index (χ2n) is 10.7. The van der Waals surface area contributed by atoms with Gasteiger partial charge in [0.1, 0.15) is 0 Å². The Morgan fingerprint density at radius 3 is 1.38 bits per heavy atom. The summed E-state index contributed by atoms with van der Waals surface area (Å²) < 4.78 is 19.1. The molecule has 168 valence electrons. The third-order valence-electron chi connectivity index (χ3n) is 9.25. The summed E-state index contributed by atoms with van der Waals surface area (Å²) in [4.78, 5) is 0. The van der Waals surface area contributed by atoms with Crippen molar-refractivity contribution in [2.75, 3.05) is 0 Å². The molecule has 0 bridgehead atoms. The molecule has 3 nitrogen and oxygen atoms in total. The van der Waals surface area contributed by atoms with Crippen molar-refractivity contribution in [1.82, 2.24) is 0 Å². The van der Waals surface area contributed by atoms with Crippen molar-refractivity contribution >= 4 is 16.6 Å². The molecule has 0 N–H and O–H groups in total. The van der Waals surface area contributed by atoms with Gasteiger partial charge in [0.05, 0.1) is 24.4 Å². The van der Waals surface area contributed by atoms with Gasteiger partial charge in [-0.3, -0.25) is 0 Å². The minimum atomic E-state index is -1.61. The fraction of sp³-hybridized carbons (Fsp3) is 1.00. The van der Waals surface area contributed by atoms with E-state index in [9.17, 15) is 0 Å². The maximum absolute atomic E-state index is 7.49. The maximum atomic E-state index is 7.49. The molecule has 4 fully saturated rings. The van der Waals surface area contributed by atoms with Crippen LogP contribution in [-0.4, -0.2) is 41.1 Å². The molecule has 6 unspecified atom stereocenters. The van der Waals surface area contributed by atoms with Gasteiger partial charge in [-0.1, -0.05) is 40.5 Å². The predicted molar refractivity (Wildman–Crippen MR) is 125 cm³/mol. The first-order valence-corrected chi connectivity index (χ1v) is 18.1. The number of hydrogen-bond acceptors (Lipinski definition) is 3. The Balaban J connectivity index is 1.33. The highest BCUT2D eigenvalue weighted by molar-refractivity contribution is 6.87. The molecular formula is C24H46O3Si2. The molecule has 4 aliphatic rings. The van der Waals surface area contributed by atoms with Gasteiger partial charge in [0, 0.05) is 0 Å². The number of ether oxygens (including phenoxy) is 2. The van der Waals surface area contributed by atoms with Gasteiger partial charge in [-0.05, 0) is 86.6 Å². The molecule has 0 aromatic heterocycles. The molecule has 29 heavy (non-hydrogen) atoms. The van der Waals surface area contributed by atoms with Gasteiger partial charge < -0.3 is 13.6 Å². The van der Waals surface area contributed by atoms with Gasteiger partial charge in [0.15, 0.2) is 16.6 Å². The first-order chi connectivity index (χ1) is 14.0. The highest BCUT2D eigenvalue weighted by Crippen LogP contribution is 2.44. The summed E-state index contributed by atoms with van der Waals surface area (Å²) in [5.41, 5.74) is 0. The Morgan fingerprint density at radius 1 is 0.621 bits per heavy atom. The highest BCUT2D eigenvalue weighted by atomic mass is 28.4. The Labute approximate surface area is 181 Å². The van der Waals surface area contributed by atoms with Crippen molar-refractivity contribution in [3.8, 4) is 0 Å². The maximum Gasteiger partial charge on any atom is 0.179 e. The van der Waals surface area contributed by atoms with Crippen LogP contribution >= 0.6 is 0 Å². The zero-order chi connectivity index (χ0) is 20.5. The molecule has 0 aromatic rings. The minimum Gasteiger partial charge on any atom is -0.455 e. The van der Waals surface area contributed by atoms with Crippen molar-refractivity contribution in [3.05, 3.63) is 0 Å². The Kier molecular flexibility index (Phi) is 7.32. The molecule has 2 saturated carbocycles. The van der Waals surface area contributed by atoms with Crippen LogP contribution in [0.2, 0.25) is 36.3 Å². The molecule has 5 heteroatoms. The summed E-state index contributed by atoms with van der Waals surface area (Å²) in [7, 11) is -3.22. The van der Waals surface area contributed by atoms with E-state index in [2.05, 4.69) is 27.7 Å². The second-order valence-corrected chi connectivity index (χ2v) is 20.1. The van der Waals surface area contributed by atoms with E-state index in [1.54, 1.807) is 0 Å². The van der Waals surface area contributed by atoms with E-state index in [4.69, 9.17) is 13.6 Å². The lowest BCUT2D eigenvalue weighted by Gasteiger charge is -2.42. The molecule has 2 heterocycles. The first kappa shape index (κ1) is 22.5. The number of hydrogen-bond donors (Lipinski definition) is 0. The SMILES string of the molecule is CC[Si](CC)(CCC1CCC2OC2C1)O[Si](CC)(CC)CCC1CCC2OC2C1. The van der Waals surface area contributed by atoms with Crippen molar-refractivity contribution in [1.29, 1.82) is 0 Å². The standard InChI is InChI=1S/C24H46O3Si2/c1-5-28(6-2,15-13-19-9-11-21-23(17-19)25-21)27-29(7-3,8-4)16-14-20-10-12-22-24(18-20)26-22/h19-24H,5-18H2,1-4H3. The van der Waals surface area contributed by atoms with Crippen LogP contribution in [-0.2, 0) is 13.6 Å². The average Bonchev–Trinajstić information content (AvgIpc) is 3.68. The molecule has 2 aliphatic heterocycles. The van der Waals surface area contributed by atoms with Gasteiger partial charge in [-0.25, -0.2) is 0 Å². The lowest BCUT2D eigenvalue weighted by molar-refractivity contribution is 0.351. The lowest BCUT2D eigenvalue weighted by Crippen LogP contribution is -2.50. The van der Waals surface area contributed by atoms with Crippen LogP contribution in [0.15, 0.2) is 0 Å². The lowest BCUT2D eigenvalue weighted by atomic mass is 9.88. The Hall–Kier alpha value is 0.314. The van der Waals surface area contributed by atoms with Crippen molar-refractivity contribution < 1.29 is 13.6 Å². The van der Waals surface area contributed by atoms with E-state index in [0.717, 1.165) is 11.8 Å². The van der Waals surface area contributed by atoms with E-state index in [1.165, 1.54) is 87.6 Å². The topological polar surface area (TPSA) is 34.3 Å². The molecule has 0 amide bonds. The molecule has 0 spiro atoms. The quantitative estimate of drug-likeness (QED) is 0.246. The van der Waals surface area contributed by atoms with Crippen LogP contribution in [0.4, 0.5) is 0 Å². The molecule has 0 radical (unpaired) electrons. The van der Waals surface area contributed by atoms with E-state index >= 15 is 0 Å². The number of fused-ring (bicyclic) bond motifs is 2. The van der Waals surface area contributed by atoms with E-state index in [0.29, 0.717) is 24.4 Å². The smallest absolute Gasteiger partial charge is 0.179 e. The van der Waals surface area contributed by atoms with Crippen LogP contribution in [0.3, 0.4) is 0 Å². The molecule has 2 aliphatic carbocycles. The first-order valence-electron chi connectivity index (χ1n) is 13.0. The Morgan fingerprint density at radius 2 is 1.03 bits per heavy atom. The zero-order valence-corrected chi connectivity index (χ0v) is 21.6. The van der Waals surface area contributed by atoms with Crippen LogP contribution in [0, 0.1) is 11.8 Å². The zero-order valence-electron chi connectivity index (χ0n) is 19.6. The van der Waals surface area contributed by atoms with Crippen LogP contribution in [0.5, 0.6) is 0 Å². The molecule has 4 rings (SSSR count). The van der Waals surface area contributed by atoms with Crippen LogP contribution in [0.1, 0.15) is 79.1 Å². The van der Waals surface area contributed by atoms with Crippen molar-refractivity contribution in [2.45, 2.75) is 140 Å². The number of epoxide rings is 2. The van der Waals surface area contributed by atoms with Crippen LogP contribution < -0.4 is 0 Å². The molecular weight excluding hydrogens is 392 g/mol. The summed E-state index contributed by atoms with van der Waals surface area (Å²) in [5.74, 6) is 1.81. The van der Waals surface area contributed by atoms with E-state index in [-0.39, 0.29) is 0 Å². The van der Waals surface area contributed by atoms with Gasteiger partial charge in [0.2, 0.25) is 0 Å². The third-order valence-corrected chi connectivity index (χ3v) is 20.3. The van der Waals surface area contributed by atoms with Crippen LogP contribution in [0.25, 0.3) is 0 Å². The van der Waals surface area contributed by atoms with E-state index in [1.807, 2.05) is 0 Å². The Bertz CT molecular complexity index is 488. The average molecular weight is 439 g/mol. The summed E-state index contributed by atoms with van der Waals surface area (Å²) >= 11 is 0. The minimum absolute atomic E-state index is 0.624. The number of rotatable bonds is 12. The summed E-state index contributed by atoms with van der Waals surface area (Å²) in [6.07, 6.45) is 13.4. The fourth-order valence-electron chi connectivity index (χ4n) is 6.49. The van der Waals surface area contributed by atoms with Crippen molar-refractivity contribution in [3.63, 3.8) is 0 Å². The summed E-state index contributed by atoms with van der Waals surface area (Å²) in [6.45, 7) is 9.75. The summed E-state index contributed by atoms with van der Waals surface area (Å²) in [5, 5.41) is 0. The van der Waals surface area contributed by atoms with Gasteiger partial charge in [0.25, 0.3) is 0 Å². The third kappa shape index (κ3) is 5.39. The summed E-state index contributed by atoms with van der Waals surface area (Å²) in [6, 6.07) is 8.06. The van der Waals surface area contributed by atoms with Crippen molar-refractivity contribution in [2.24, 2.45) is 11.8 Å². The highest BCUT2D eigenvalue weighted by Gasteiger charge is 2.47. The van der Waals surface area contributed by atoms with Gasteiger partial charge >= 0.3 is 0 Å². The van der Waals surface area contributed by atoms with Gasteiger partial charge in [-0.2, -0.15) is 0 Å². The van der Waals surface area contributed by atoms with Gasteiger partial charge in [-0.15, -0.1) is 0 Å². The van der Waals surface area contributed by atoms with E-state index < -0.39 is 16.6 Å². The molecule has 2 saturated heterocycles.